The lowest BCUT2D eigenvalue weighted by atomic mass is 10.7. The molecule has 1 aromatic rings. The quantitative estimate of drug-likeness (QED) is 0.421. The largest absolute Gasteiger partial charge is 0.411 e. The Kier molecular flexibility index (Phi) is 2.06. The topological polar surface area (TPSA) is 50.4 Å². The molecule has 1 aromatic heterocycles. The molecule has 0 saturated carbocycles. The van der Waals surface area contributed by atoms with Crippen LogP contribution in [-0.4, -0.2) is 21.0 Å². The molecule has 0 aliphatic rings. The Balaban J connectivity index is 3.05. The van der Waals surface area contributed by atoms with E-state index >= 15 is 0 Å². The fourth-order valence-electron chi connectivity index (χ4n) is 0.574. The van der Waals surface area contributed by atoms with Gasteiger partial charge in [-0.05, 0) is 15.9 Å². The molecule has 4 nitrogen and oxygen atoms in total. The van der Waals surface area contributed by atoms with Gasteiger partial charge in [0.15, 0.2) is 5.82 Å². The summed E-state index contributed by atoms with van der Waals surface area (Å²) in [5, 5.41) is 11.0. The number of imidazole rings is 1. The Bertz CT molecular complexity index is 255. The zero-order chi connectivity index (χ0) is 7.56. The fraction of sp³-hybridized carbons (Fsp3) is 0.200. The van der Waals surface area contributed by atoms with Crippen LogP contribution in [0.2, 0.25) is 0 Å². The van der Waals surface area contributed by atoms with Crippen LogP contribution >= 0.6 is 15.9 Å². The first kappa shape index (κ1) is 7.27. The summed E-state index contributed by atoms with van der Waals surface area (Å²) >= 11 is 3.24. The van der Waals surface area contributed by atoms with Crippen LogP contribution in [-0.2, 0) is 7.05 Å². The highest BCUT2D eigenvalue weighted by molar-refractivity contribution is 9.10. The molecular weight excluding hydrogens is 198 g/mol. The van der Waals surface area contributed by atoms with E-state index in [9.17, 15) is 0 Å². The maximum absolute atomic E-state index is 8.15. The van der Waals surface area contributed by atoms with Crippen LogP contribution in [0.15, 0.2) is 16.0 Å². The van der Waals surface area contributed by atoms with Crippen molar-refractivity contribution in [3.8, 4) is 0 Å². The van der Waals surface area contributed by atoms with Gasteiger partial charge in [-0.1, -0.05) is 5.16 Å². The van der Waals surface area contributed by atoms with Gasteiger partial charge in [0.05, 0.1) is 6.20 Å². The third-order valence-electron chi connectivity index (χ3n) is 1.14. The Morgan fingerprint density at radius 3 is 3.00 bits per heavy atom. The summed E-state index contributed by atoms with van der Waals surface area (Å²) in [4.78, 5) is 3.91. The molecule has 0 fully saturated rings. The van der Waals surface area contributed by atoms with E-state index in [2.05, 4.69) is 26.1 Å². The highest BCUT2D eigenvalue weighted by Crippen LogP contribution is 2.07. The minimum absolute atomic E-state index is 0.606. The maximum atomic E-state index is 8.15. The van der Waals surface area contributed by atoms with E-state index in [1.54, 1.807) is 10.8 Å². The summed E-state index contributed by atoms with van der Waals surface area (Å²) in [6.07, 6.45) is 2.90. The molecule has 0 bridgehead atoms. The Hall–Kier alpha value is -0.840. The molecule has 10 heavy (non-hydrogen) atoms. The first-order valence-electron chi connectivity index (χ1n) is 2.60. The monoisotopic (exact) mass is 203 g/mol. The second-order valence-electron chi connectivity index (χ2n) is 1.74. The van der Waals surface area contributed by atoms with E-state index in [0.29, 0.717) is 5.82 Å². The fourth-order valence-corrected chi connectivity index (χ4v) is 0.858. The predicted molar refractivity (Wildman–Crippen MR) is 40.3 cm³/mol. The van der Waals surface area contributed by atoms with Crippen molar-refractivity contribution in [2.75, 3.05) is 0 Å². The highest BCUT2D eigenvalue weighted by atomic mass is 79.9. The molecule has 0 atom stereocenters. The smallest absolute Gasteiger partial charge is 0.155 e. The normalized spacial score (nSPS) is 11.0. The van der Waals surface area contributed by atoms with Crippen molar-refractivity contribution in [2.24, 2.45) is 12.2 Å². The van der Waals surface area contributed by atoms with E-state index in [1.807, 2.05) is 7.05 Å². The Morgan fingerprint density at radius 1 is 1.90 bits per heavy atom. The van der Waals surface area contributed by atoms with Crippen molar-refractivity contribution < 1.29 is 5.21 Å². The Labute approximate surface area is 66.3 Å². The molecule has 1 N–H and O–H groups in total. The lowest BCUT2D eigenvalue weighted by Gasteiger charge is -1.92. The molecular formula is C5H6BrN3O. The minimum Gasteiger partial charge on any atom is -0.411 e. The number of rotatable bonds is 1. The van der Waals surface area contributed by atoms with E-state index < -0.39 is 0 Å². The van der Waals surface area contributed by atoms with Gasteiger partial charge < -0.3 is 9.77 Å². The van der Waals surface area contributed by atoms with Crippen LogP contribution in [0.1, 0.15) is 5.82 Å². The van der Waals surface area contributed by atoms with Crippen LogP contribution < -0.4 is 0 Å². The predicted octanol–water partition coefficient (Wildman–Crippen LogP) is 0.991. The van der Waals surface area contributed by atoms with Crippen LogP contribution in [0.3, 0.4) is 0 Å². The molecule has 5 heteroatoms. The van der Waals surface area contributed by atoms with Gasteiger partial charge in [0, 0.05) is 7.05 Å². The van der Waals surface area contributed by atoms with Crippen molar-refractivity contribution in [1.82, 2.24) is 9.55 Å². The molecule has 1 heterocycles. The molecule has 0 aliphatic heterocycles. The number of aromatic nitrogens is 2. The number of hydrogen-bond acceptors (Lipinski definition) is 3. The SMILES string of the molecule is Cn1c(Br)cnc1/C=N/O. The van der Waals surface area contributed by atoms with E-state index in [-0.39, 0.29) is 0 Å². The average Bonchev–Trinajstić information content (AvgIpc) is 2.20. The molecule has 0 unspecified atom stereocenters. The number of halogens is 1. The van der Waals surface area contributed by atoms with Gasteiger partial charge in [-0.2, -0.15) is 0 Å². The molecule has 1 rings (SSSR count). The maximum Gasteiger partial charge on any atom is 0.155 e. The second-order valence-corrected chi connectivity index (χ2v) is 2.56. The second kappa shape index (κ2) is 2.83. The van der Waals surface area contributed by atoms with Crippen molar-refractivity contribution in [3.63, 3.8) is 0 Å². The molecule has 0 radical (unpaired) electrons. The third kappa shape index (κ3) is 1.18. The number of hydrogen-bond donors (Lipinski definition) is 1. The highest BCUT2D eigenvalue weighted by Gasteiger charge is 1.99. The van der Waals surface area contributed by atoms with Crippen molar-refractivity contribution in [1.29, 1.82) is 0 Å². The summed E-state index contributed by atoms with van der Waals surface area (Å²) in [7, 11) is 1.81. The Morgan fingerprint density at radius 2 is 2.60 bits per heavy atom. The van der Waals surface area contributed by atoms with Gasteiger partial charge in [0.1, 0.15) is 10.8 Å². The molecule has 0 spiro atoms. The van der Waals surface area contributed by atoms with Crippen molar-refractivity contribution in [2.45, 2.75) is 0 Å². The summed E-state index contributed by atoms with van der Waals surface area (Å²) < 4.78 is 2.60. The van der Waals surface area contributed by atoms with Gasteiger partial charge >= 0.3 is 0 Å². The van der Waals surface area contributed by atoms with Gasteiger partial charge in [0.25, 0.3) is 0 Å². The van der Waals surface area contributed by atoms with Gasteiger partial charge in [-0.25, -0.2) is 4.98 Å². The standard InChI is InChI=1S/C5H6BrN3O/c1-9-4(6)2-7-5(9)3-8-10/h2-3,10H,1H3/b8-3+. The molecule has 0 saturated heterocycles. The lowest BCUT2D eigenvalue weighted by molar-refractivity contribution is 0.321. The van der Waals surface area contributed by atoms with Crippen molar-refractivity contribution >= 4 is 22.1 Å². The third-order valence-corrected chi connectivity index (χ3v) is 1.88. The van der Waals surface area contributed by atoms with Crippen LogP contribution in [0, 0.1) is 0 Å². The lowest BCUT2D eigenvalue weighted by Crippen LogP contribution is -1.95. The molecule has 0 aromatic carbocycles. The van der Waals surface area contributed by atoms with E-state index in [0.717, 1.165) is 4.60 Å². The average molecular weight is 204 g/mol. The first-order chi connectivity index (χ1) is 4.75. The van der Waals surface area contributed by atoms with Crippen LogP contribution in [0.5, 0.6) is 0 Å². The molecule has 54 valence electrons. The summed E-state index contributed by atoms with van der Waals surface area (Å²) in [5.41, 5.74) is 0. The van der Waals surface area contributed by atoms with Crippen LogP contribution in [0.4, 0.5) is 0 Å². The number of oxime groups is 1. The molecule has 0 amide bonds. The van der Waals surface area contributed by atoms with Gasteiger partial charge in [-0.3, -0.25) is 0 Å². The zero-order valence-electron chi connectivity index (χ0n) is 5.32. The van der Waals surface area contributed by atoms with Gasteiger partial charge in [0.2, 0.25) is 0 Å². The van der Waals surface area contributed by atoms with E-state index in [4.69, 9.17) is 5.21 Å². The number of nitrogens with zero attached hydrogens (tertiary/aromatic N) is 3. The zero-order valence-corrected chi connectivity index (χ0v) is 6.91. The summed E-state index contributed by atoms with van der Waals surface area (Å²) in [5.74, 6) is 0.606. The first-order valence-corrected chi connectivity index (χ1v) is 3.39. The van der Waals surface area contributed by atoms with E-state index in [1.165, 1.54) is 6.21 Å². The van der Waals surface area contributed by atoms with Crippen LogP contribution in [0.25, 0.3) is 0 Å². The molecule has 0 aliphatic carbocycles. The van der Waals surface area contributed by atoms with Gasteiger partial charge in [-0.15, -0.1) is 0 Å². The minimum atomic E-state index is 0.606. The summed E-state index contributed by atoms with van der Waals surface area (Å²) in [6, 6.07) is 0. The summed E-state index contributed by atoms with van der Waals surface area (Å²) in [6.45, 7) is 0. The van der Waals surface area contributed by atoms with Crippen molar-refractivity contribution in [3.05, 3.63) is 16.6 Å².